The average molecular weight is 338 g/mol. The number of pyridine rings is 1. The fraction of sp³-hybridized carbons (Fsp3) is 0.167. The number of thiazole rings is 1. The summed E-state index contributed by atoms with van der Waals surface area (Å²) in [6.07, 6.45) is 3.47. The summed E-state index contributed by atoms with van der Waals surface area (Å²) in [7, 11) is 3.96. The van der Waals surface area contributed by atoms with Crippen molar-refractivity contribution in [3.05, 3.63) is 66.0 Å². The van der Waals surface area contributed by atoms with Crippen LogP contribution in [0.15, 0.2) is 54.9 Å². The summed E-state index contributed by atoms with van der Waals surface area (Å²) in [5.41, 5.74) is 2.51. The van der Waals surface area contributed by atoms with Crippen molar-refractivity contribution in [1.29, 1.82) is 0 Å². The van der Waals surface area contributed by atoms with E-state index in [1.165, 1.54) is 11.3 Å². The van der Waals surface area contributed by atoms with Crippen molar-refractivity contribution >= 4 is 22.4 Å². The number of anilines is 1. The van der Waals surface area contributed by atoms with E-state index in [0.717, 1.165) is 16.1 Å². The van der Waals surface area contributed by atoms with Gasteiger partial charge in [-0.3, -0.25) is 15.1 Å². The molecular formula is C18H18N4OS. The summed E-state index contributed by atoms with van der Waals surface area (Å²) in [6, 6.07) is 13.3. The van der Waals surface area contributed by atoms with Crippen molar-refractivity contribution in [2.24, 2.45) is 0 Å². The monoisotopic (exact) mass is 338 g/mol. The van der Waals surface area contributed by atoms with E-state index in [4.69, 9.17) is 0 Å². The molecule has 0 unspecified atom stereocenters. The minimum atomic E-state index is -0.144. The second kappa shape index (κ2) is 7.33. The number of rotatable bonds is 5. The van der Waals surface area contributed by atoms with Crippen LogP contribution in [0, 0.1) is 0 Å². The van der Waals surface area contributed by atoms with Crippen LogP contribution in [-0.4, -0.2) is 34.9 Å². The van der Waals surface area contributed by atoms with Gasteiger partial charge in [0, 0.05) is 24.5 Å². The lowest BCUT2D eigenvalue weighted by Gasteiger charge is -2.13. The SMILES string of the molecule is CN(C)Cc1ccccc1C(=O)Nc1ncc(-c2ccccn2)s1. The number of aromatic nitrogens is 2. The van der Waals surface area contributed by atoms with Crippen LogP contribution in [0.5, 0.6) is 0 Å². The van der Waals surface area contributed by atoms with E-state index in [2.05, 4.69) is 15.3 Å². The first-order chi connectivity index (χ1) is 11.6. The molecule has 0 atom stereocenters. The summed E-state index contributed by atoms with van der Waals surface area (Å²) < 4.78 is 0. The van der Waals surface area contributed by atoms with Crippen molar-refractivity contribution in [2.75, 3.05) is 19.4 Å². The predicted molar refractivity (Wildman–Crippen MR) is 97.1 cm³/mol. The molecule has 0 aliphatic heterocycles. The lowest BCUT2D eigenvalue weighted by molar-refractivity contribution is 0.102. The van der Waals surface area contributed by atoms with E-state index in [9.17, 15) is 4.79 Å². The second-order valence-electron chi connectivity index (χ2n) is 5.59. The summed E-state index contributed by atoms with van der Waals surface area (Å²) in [5.74, 6) is -0.144. The zero-order valence-corrected chi connectivity index (χ0v) is 14.4. The van der Waals surface area contributed by atoms with Gasteiger partial charge in [0.25, 0.3) is 5.91 Å². The van der Waals surface area contributed by atoms with Gasteiger partial charge in [-0.2, -0.15) is 0 Å². The quantitative estimate of drug-likeness (QED) is 0.773. The number of benzene rings is 1. The Morgan fingerprint density at radius 1 is 1.12 bits per heavy atom. The van der Waals surface area contributed by atoms with E-state index < -0.39 is 0 Å². The summed E-state index contributed by atoms with van der Waals surface area (Å²) in [5, 5.41) is 3.45. The normalized spacial score (nSPS) is 10.8. The Kier molecular flexibility index (Phi) is 4.98. The largest absolute Gasteiger partial charge is 0.305 e. The van der Waals surface area contributed by atoms with E-state index in [1.807, 2.05) is 61.5 Å². The summed E-state index contributed by atoms with van der Waals surface area (Å²) in [4.78, 5) is 24.1. The van der Waals surface area contributed by atoms with Gasteiger partial charge < -0.3 is 4.90 Å². The maximum atomic E-state index is 12.6. The molecule has 1 aromatic carbocycles. The van der Waals surface area contributed by atoms with E-state index in [-0.39, 0.29) is 5.91 Å². The Morgan fingerprint density at radius 3 is 2.67 bits per heavy atom. The molecule has 0 radical (unpaired) electrons. The second-order valence-corrected chi connectivity index (χ2v) is 6.62. The van der Waals surface area contributed by atoms with Gasteiger partial charge in [0.15, 0.2) is 5.13 Å². The number of nitrogens with one attached hydrogen (secondary N) is 1. The predicted octanol–water partition coefficient (Wildman–Crippen LogP) is 3.52. The summed E-state index contributed by atoms with van der Waals surface area (Å²) in [6.45, 7) is 0.709. The molecule has 5 nitrogen and oxygen atoms in total. The van der Waals surface area contributed by atoms with Gasteiger partial charge in [0.05, 0.1) is 10.6 Å². The van der Waals surface area contributed by atoms with Gasteiger partial charge in [-0.15, -0.1) is 0 Å². The first-order valence-electron chi connectivity index (χ1n) is 7.54. The first-order valence-corrected chi connectivity index (χ1v) is 8.36. The molecule has 0 spiro atoms. The van der Waals surface area contributed by atoms with Crippen LogP contribution >= 0.6 is 11.3 Å². The molecule has 2 aromatic heterocycles. The van der Waals surface area contributed by atoms with Crippen LogP contribution in [-0.2, 0) is 6.54 Å². The van der Waals surface area contributed by atoms with Crippen molar-refractivity contribution in [3.8, 4) is 10.6 Å². The third-order valence-corrected chi connectivity index (χ3v) is 4.33. The molecule has 0 aliphatic rings. The lowest BCUT2D eigenvalue weighted by Crippen LogP contribution is -2.18. The molecule has 1 amide bonds. The third kappa shape index (κ3) is 3.84. The van der Waals surface area contributed by atoms with Crippen LogP contribution in [0.4, 0.5) is 5.13 Å². The highest BCUT2D eigenvalue weighted by molar-refractivity contribution is 7.19. The minimum Gasteiger partial charge on any atom is -0.305 e. The van der Waals surface area contributed by atoms with Crippen LogP contribution in [0.25, 0.3) is 10.6 Å². The Balaban J connectivity index is 1.78. The third-order valence-electron chi connectivity index (χ3n) is 3.39. The Hall–Kier alpha value is -2.57. The number of hydrogen-bond donors (Lipinski definition) is 1. The molecule has 3 aromatic rings. The van der Waals surface area contributed by atoms with Gasteiger partial charge in [-0.05, 0) is 37.9 Å². The molecule has 1 N–H and O–H groups in total. The van der Waals surface area contributed by atoms with Crippen LogP contribution in [0.3, 0.4) is 0 Å². The molecule has 0 fully saturated rings. The zero-order chi connectivity index (χ0) is 16.9. The fourth-order valence-corrected chi connectivity index (χ4v) is 3.13. The zero-order valence-electron chi connectivity index (χ0n) is 13.6. The van der Waals surface area contributed by atoms with Crippen molar-refractivity contribution in [3.63, 3.8) is 0 Å². The van der Waals surface area contributed by atoms with Gasteiger partial charge in [0.1, 0.15) is 0 Å². The van der Waals surface area contributed by atoms with Crippen molar-refractivity contribution in [2.45, 2.75) is 6.54 Å². The topological polar surface area (TPSA) is 58.1 Å². The molecule has 3 rings (SSSR count). The molecule has 0 aliphatic carbocycles. The van der Waals surface area contributed by atoms with Gasteiger partial charge >= 0.3 is 0 Å². The standard InChI is InChI=1S/C18H18N4OS/c1-22(2)12-13-7-3-4-8-14(13)17(23)21-18-20-11-16(24-18)15-9-5-6-10-19-15/h3-11H,12H2,1-2H3,(H,20,21,23). The molecular weight excluding hydrogens is 320 g/mol. The first kappa shape index (κ1) is 16.3. The van der Waals surface area contributed by atoms with E-state index >= 15 is 0 Å². The molecule has 0 saturated carbocycles. The van der Waals surface area contributed by atoms with Crippen LogP contribution < -0.4 is 5.32 Å². The number of hydrogen-bond acceptors (Lipinski definition) is 5. The highest BCUT2D eigenvalue weighted by atomic mass is 32.1. The number of amides is 1. The highest BCUT2D eigenvalue weighted by Gasteiger charge is 2.14. The van der Waals surface area contributed by atoms with Crippen molar-refractivity contribution < 1.29 is 4.79 Å². The van der Waals surface area contributed by atoms with Gasteiger partial charge in [0.2, 0.25) is 0 Å². The molecule has 122 valence electrons. The molecule has 0 bridgehead atoms. The fourth-order valence-electron chi connectivity index (χ4n) is 2.34. The Labute approximate surface area is 145 Å². The molecule has 6 heteroatoms. The number of nitrogens with zero attached hydrogens (tertiary/aromatic N) is 3. The number of carbonyl (C=O) groups excluding carboxylic acids is 1. The Morgan fingerprint density at radius 2 is 1.92 bits per heavy atom. The van der Waals surface area contributed by atoms with Crippen LogP contribution in [0.2, 0.25) is 0 Å². The minimum absolute atomic E-state index is 0.144. The molecule has 2 heterocycles. The highest BCUT2D eigenvalue weighted by Crippen LogP contribution is 2.27. The van der Waals surface area contributed by atoms with E-state index in [0.29, 0.717) is 17.2 Å². The maximum Gasteiger partial charge on any atom is 0.257 e. The van der Waals surface area contributed by atoms with Crippen LogP contribution in [0.1, 0.15) is 15.9 Å². The Bertz CT molecular complexity index is 830. The lowest BCUT2D eigenvalue weighted by atomic mass is 10.1. The smallest absolute Gasteiger partial charge is 0.257 e. The van der Waals surface area contributed by atoms with E-state index in [1.54, 1.807) is 12.4 Å². The van der Waals surface area contributed by atoms with Gasteiger partial charge in [-0.25, -0.2) is 4.98 Å². The van der Waals surface area contributed by atoms with Gasteiger partial charge in [-0.1, -0.05) is 35.6 Å². The summed E-state index contributed by atoms with van der Waals surface area (Å²) >= 11 is 1.41. The van der Waals surface area contributed by atoms with Crippen molar-refractivity contribution in [1.82, 2.24) is 14.9 Å². The maximum absolute atomic E-state index is 12.6. The average Bonchev–Trinajstić information content (AvgIpc) is 3.04. The number of carbonyl (C=O) groups is 1. The molecule has 24 heavy (non-hydrogen) atoms. The molecule has 0 saturated heterocycles.